The molecule has 0 aliphatic rings. The van der Waals surface area contributed by atoms with Gasteiger partial charge >= 0.3 is 5.97 Å². The van der Waals surface area contributed by atoms with Crippen molar-refractivity contribution in [2.75, 3.05) is 13.2 Å². The molecular weight excluding hydrogens is 492 g/mol. The van der Waals surface area contributed by atoms with E-state index in [1.165, 1.54) is 0 Å². The maximum Gasteiger partial charge on any atom is 0.309 e. The lowest BCUT2D eigenvalue weighted by molar-refractivity contribution is -0.155. The van der Waals surface area contributed by atoms with Crippen molar-refractivity contribution < 1.29 is 24.2 Å². The number of carbonyl (C=O) groups is 3. The van der Waals surface area contributed by atoms with Gasteiger partial charge in [0, 0.05) is 12.5 Å². The molecule has 0 saturated heterocycles. The Balaban J connectivity index is 2.13. The van der Waals surface area contributed by atoms with E-state index >= 15 is 0 Å². The Morgan fingerprint density at radius 2 is 1.64 bits per heavy atom. The molecule has 2 amide bonds. The van der Waals surface area contributed by atoms with E-state index in [-0.39, 0.29) is 43.3 Å². The van der Waals surface area contributed by atoms with E-state index in [9.17, 15) is 19.5 Å². The van der Waals surface area contributed by atoms with Crippen molar-refractivity contribution in [3.63, 3.8) is 0 Å². The zero-order valence-corrected chi connectivity index (χ0v) is 22.9. The summed E-state index contributed by atoms with van der Waals surface area (Å²) in [6.07, 6.45) is 5.88. The number of unbranched alkanes of at least 4 members (excludes halogenated alkanes) is 1. The van der Waals surface area contributed by atoms with Crippen molar-refractivity contribution in [3.05, 3.63) is 97.1 Å². The molecule has 3 N–H and O–H groups in total. The van der Waals surface area contributed by atoms with Crippen LogP contribution in [0.5, 0.6) is 0 Å². The van der Waals surface area contributed by atoms with Crippen LogP contribution in [0.25, 0.3) is 0 Å². The number of ether oxygens (including phenoxy) is 1. The van der Waals surface area contributed by atoms with Crippen LogP contribution in [0.1, 0.15) is 56.3 Å². The molecule has 0 saturated carbocycles. The highest BCUT2D eigenvalue weighted by Gasteiger charge is 2.27. The lowest BCUT2D eigenvalue weighted by atomic mass is 9.94. The Morgan fingerprint density at radius 1 is 0.974 bits per heavy atom. The predicted octanol–water partition coefficient (Wildman–Crippen LogP) is 4.68. The van der Waals surface area contributed by atoms with Crippen LogP contribution < -0.4 is 10.6 Å². The molecule has 0 heterocycles. The van der Waals surface area contributed by atoms with Crippen molar-refractivity contribution in [1.82, 2.24) is 10.6 Å². The quantitative estimate of drug-likeness (QED) is 0.146. The van der Waals surface area contributed by atoms with Gasteiger partial charge in [-0.2, -0.15) is 0 Å². The van der Waals surface area contributed by atoms with Crippen LogP contribution in [0.2, 0.25) is 0 Å². The third-order valence-corrected chi connectivity index (χ3v) is 6.45. The number of benzene rings is 2. The highest BCUT2D eigenvalue weighted by atomic mass is 16.5. The molecular formula is C32H42N2O5. The van der Waals surface area contributed by atoms with Crippen LogP contribution in [-0.2, 0) is 25.5 Å². The van der Waals surface area contributed by atoms with E-state index in [0.717, 1.165) is 24.0 Å². The molecule has 2 aromatic carbocycles. The first kappa shape index (κ1) is 31.5. The molecule has 210 valence electrons. The summed E-state index contributed by atoms with van der Waals surface area (Å²) < 4.78 is 6.03. The van der Waals surface area contributed by atoms with Crippen molar-refractivity contribution in [2.45, 2.75) is 57.6 Å². The Bertz CT molecular complexity index is 1040. The predicted molar refractivity (Wildman–Crippen MR) is 154 cm³/mol. The van der Waals surface area contributed by atoms with Gasteiger partial charge in [0.1, 0.15) is 6.10 Å². The Hall–Kier alpha value is -3.71. The van der Waals surface area contributed by atoms with Gasteiger partial charge in [-0.15, -0.1) is 13.2 Å². The smallest absolute Gasteiger partial charge is 0.309 e. The van der Waals surface area contributed by atoms with Crippen LogP contribution in [0, 0.1) is 11.8 Å². The van der Waals surface area contributed by atoms with E-state index in [0.29, 0.717) is 19.3 Å². The first-order chi connectivity index (χ1) is 18.9. The molecule has 0 fully saturated rings. The minimum Gasteiger partial charge on any atom is -0.455 e. The second-order valence-corrected chi connectivity index (χ2v) is 9.76. The third kappa shape index (κ3) is 11.7. The lowest BCUT2D eigenvalue weighted by Gasteiger charge is -2.24. The van der Waals surface area contributed by atoms with Crippen molar-refractivity contribution in [3.8, 4) is 0 Å². The zero-order chi connectivity index (χ0) is 28.5. The highest BCUT2D eigenvalue weighted by Crippen LogP contribution is 2.23. The van der Waals surface area contributed by atoms with Crippen LogP contribution in [0.3, 0.4) is 0 Å². The normalized spacial score (nSPS) is 13.8. The summed E-state index contributed by atoms with van der Waals surface area (Å²) >= 11 is 0. The minimum absolute atomic E-state index is 0.0412. The van der Waals surface area contributed by atoms with E-state index in [1.807, 2.05) is 66.7 Å². The molecule has 0 aromatic heterocycles. The number of aliphatic hydroxyl groups is 1. The number of aliphatic hydroxyl groups excluding tert-OH is 1. The summed E-state index contributed by atoms with van der Waals surface area (Å²) in [7, 11) is 0. The number of carbonyl (C=O) groups excluding carboxylic acids is 3. The fraction of sp³-hybridized carbons (Fsp3) is 0.406. The monoisotopic (exact) mass is 534 g/mol. The number of amides is 2. The minimum atomic E-state index is -0.687. The number of nitrogens with one attached hydrogen (secondary N) is 2. The van der Waals surface area contributed by atoms with Crippen molar-refractivity contribution in [1.29, 1.82) is 0 Å². The molecule has 0 aliphatic heterocycles. The average Bonchev–Trinajstić information content (AvgIpc) is 2.95. The molecule has 7 nitrogen and oxygen atoms in total. The highest BCUT2D eigenvalue weighted by molar-refractivity contribution is 5.86. The third-order valence-electron chi connectivity index (χ3n) is 6.45. The van der Waals surface area contributed by atoms with Gasteiger partial charge in [0.05, 0.1) is 25.0 Å². The first-order valence-electron chi connectivity index (χ1n) is 13.6. The molecule has 4 atom stereocenters. The molecule has 0 bridgehead atoms. The van der Waals surface area contributed by atoms with Gasteiger partial charge in [0.2, 0.25) is 11.8 Å². The van der Waals surface area contributed by atoms with Crippen LogP contribution in [-0.4, -0.2) is 42.1 Å². The standard InChI is InChI=1S/C32H42N2O5/c1-4-6-9-19-28(20-25-15-10-7-11-16-25)32(38)39-29(26-17-12-8-13-18-26)22-33-31(37)27(14-5-2)21-30(36)34-24(3)23-35/h4-5,7-8,10-13,15-18,24,27-29,35H,1-2,6,9,14,19-23H2,3H3,(H,33,37)(H,34,36)/t24-,27-,28+,29-/m0/s1. The summed E-state index contributed by atoms with van der Waals surface area (Å²) in [6, 6.07) is 18.8. The average molecular weight is 535 g/mol. The van der Waals surface area contributed by atoms with Gasteiger partial charge in [-0.05, 0) is 50.2 Å². The van der Waals surface area contributed by atoms with Crippen molar-refractivity contribution in [2.24, 2.45) is 11.8 Å². The van der Waals surface area contributed by atoms with Crippen LogP contribution in [0.15, 0.2) is 86.0 Å². The summed E-state index contributed by atoms with van der Waals surface area (Å²) in [5.74, 6) is -1.94. The summed E-state index contributed by atoms with van der Waals surface area (Å²) in [5.41, 5.74) is 1.83. The van der Waals surface area contributed by atoms with E-state index in [1.54, 1.807) is 13.0 Å². The molecule has 2 rings (SSSR count). The maximum absolute atomic E-state index is 13.4. The first-order valence-corrected chi connectivity index (χ1v) is 13.6. The van der Waals surface area contributed by atoms with Gasteiger partial charge in [-0.25, -0.2) is 0 Å². The van der Waals surface area contributed by atoms with Gasteiger partial charge in [0.15, 0.2) is 0 Å². The number of hydrogen-bond donors (Lipinski definition) is 3. The molecule has 0 aliphatic carbocycles. The van der Waals surface area contributed by atoms with Gasteiger partial charge in [-0.3, -0.25) is 14.4 Å². The van der Waals surface area contributed by atoms with E-state index in [2.05, 4.69) is 23.8 Å². The Kier molecular flexibility index (Phi) is 14.3. The topological polar surface area (TPSA) is 105 Å². The van der Waals surface area contributed by atoms with E-state index in [4.69, 9.17) is 4.74 Å². The molecule has 0 spiro atoms. The summed E-state index contributed by atoms with van der Waals surface area (Å²) in [6.45, 7) is 9.05. The Labute approximate surface area is 232 Å². The lowest BCUT2D eigenvalue weighted by Crippen LogP contribution is -2.40. The van der Waals surface area contributed by atoms with Crippen molar-refractivity contribution >= 4 is 17.8 Å². The Morgan fingerprint density at radius 3 is 2.26 bits per heavy atom. The van der Waals surface area contributed by atoms with Gasteiger partial charge in [0.25, 0.3) is 0 Å². The number of rotatable bonds is 18. The molecule has 7 heteroatoms. The molecule has 2 aromatic rings. The van der Waals surface area contributed by atoms with Gasteiger partial charge in [-0.1, -0.05) is 72.8 Å². The maximum atomic E-state index is 13.4. The molecule has 0 radical (unpaired) electrons. The largest absolute Gasteiger partial charge is 0.455 e. The number of esters is 1. The number of hydrogen-bond acceptors (Lipinski definition) is 5. The summed E-state index contributed by atoms with van der Waals surface area (Å²) in [5, 5.41) is 14.7. The second-order valence-electron chi connectivity index (χ2n) is 9.76. The van der Waals surface area contributed by atoms with Crippen LogP contribution >= 0.6 is 0 Å². The molecule has 39 heavy (non-hydrogen) atoms. The zero-order valence-electron chi connectivity index (χ0n) is 22.9. The fourth-order valence-electron chi connectivity index (χ4n) is 4.27. The SMILES string of the molecule is C=CCCC[C@H](Cc1ccccc1)C(=O)O[C@@H](CNC(=O)[C@@H](CC=C)CC(=O)N[C@@H](C)CO)c1ccccc1. The second kappa shape index (κ2) is 17.7. The molecule has 0 unspecified atom stereocenters. The fourth-order valence-corrected chi connectivity index (χ4v) is 4.27. The van der Waals surface area contributed by atoms with E-state index < -0.39 is 18.1 Å². The van der Waals surface area contributed by atoms with Gasteiger partial charge < -0.3 is 20.5 Å². The van der Waals surface area contributed by atoms with Crippen LogP contribution in [0.4, 0.5) is 0 Å². The summed E-state index contributed by atoms with van der Waals surface area (Å²) in [4.78, 5) is 38.8. The number of allylic oxidation sites excluding steroid dienone is 2.